The van der Waals surface area contributed by atoms with E-state index >= 15 is 0 Å². The molecule has 0 radical (unpaired) electrons. The zero-order valence-corrected chi connectivity index (χ0v) is 22.9. The number of esters is 1. The van der Waals surface area contributed by atoms with Crippen LogP contribution in [0.4, 0.5) is 4.39 Å². The topological polar surface area (TPSA) is 144 Å². The maximum Gasteiger partial charge on any atom is 0.329 e. The highest BCUT2D eigenvalue weighted by atomic mass is 32.2. The molecule has 0 unspecified atom stereocenters. The highest BCUT2D eigenvalue weighted by molar-refractivity contribution is 8.13. The van der Waals surface area contributed by atoms with Gasteiger partial charge >= 0.3 is 5.97 Å². The van der Waals surface area contributed by atoms with Crippen LogP contribution >= 0.6 is 11.8 Å². The molecule has 0 spiro atoms. The van der Waals surface area contributed by atoms with Crippen molar-refractivity contribution in [1.82, 2.24) is 20.9 Å². The second-order valence-corrected chi connectivity index (χ2v) is 10.4. The first-order valence-corrected chi connectivity index (χ1v) is 13.1. The monoisotopic (exact) mass is 548 g/mol. The number of halogens is 1. The molecule has 1 aromatic heterocycles. The van der Waals surface area contributed by atoms with Crippen LogP contribution in [0.25, 0.3) is 0 Å². The Balaban J connectivity index is 2.42. The summed E-state index contributed by atoms with van der Waals surface area (Å²) in [5, 5.41) is 7.59. The first kappa shape index (κ1) is 30.7. The average molecular weight is 549 g/mol. The minimum absolute atomic E-state index is 0.0266. The molecule has 0 saturated carbocycles. The van der Waals surface area contributed by atoms with Crippen molar-refractivity contribution in [2.75, 3.05) is 5.75 Å². The standard InChI is InChI=1S/C26H33FN4O6S/c1-14(2)22-25(35)31-23(15(3)4)26(36)37-17(8-6-7-11-38-16(5)32)12-21(33)28-13-20-18(27)9-10-19(29-20)24(34)30-22/h6,8-10,15,17,23H,7,11-13H2,1-5H3,(H,28,33)(H,30,34)(H,31,35)/b8-6+/t17-,23+/m1/s1. The average Bonchev–Trinajstić information content (AvgIpc) is 2.83. The summed E-state index contributed by atoms with van der Waals surface area (Å²) in [6.07, 6.45) is 2.48. The van der Waals surface area contributed by atoms with Crippen LogP contribution in [0.1, 0.15) is 63.6 Å². The fourth-order valence-electron chi connectivity index (χ4n) is 3.36. The molecule has 10 nitrogen and oxygen atoms in total. The third kappa shape index (κ3) is 9.40. The maximum atomic E-state index is 14.3. The molecule has 0 aromatic carbocycles. The molecule has 0 fully saturated rings. The maximum absolute atomic E-state index is 14.3. The first-order valence-electron chi connectivity index (χ1n) is 12.1. The number of nitrogens with zero attached hydrogens (tertiary/aromatic N) is 1. The van der Waals surface area contributed by atoms with E-state index in [1.54, 1.807) is 39.8 Å². The Labute approximate surface area is 225 Å². The third-order valence-corrected chi connectivity index (χ3v) is 6.22. The van der Waals surface area contributed by atoms with Crippen LogP contribution in [0.5, 0.6) is 0 Å². The van der Waals surface area contributed by atoms with Gasteiger partial charge < -0.3 is 20.7 Å². The van der Waals surface area contributed by atoms with Gasteiger partial charge in [0.25, 0.3) is 11.8 Å². The van der Waals surface area contributed by atoms with Crippen LogP contribution < -0.4 is 16.0 Å². The van der Waals surface area contributed by atoms with Gasteiger partial charge in [0.15, 0.2) is 5.12 Å². The summed E-state index contributed by atoms with van der Waals surface area (Å²) in [5.41, 5.74) is 0.0532. The zero-order valence-electron chi connectivity index (χ0n) is 22.1. The molecule has 2 heterocycles. The smallest absolute Gasteiger partial charge is 0.329 e. The van der Waals surface area contributed by atoms with Gasteiger partial charge in [-0.3, -0.25) is 19.2 Å². The summed E-state index contributed by atoms with van der Waals surface area (Å²) >= 11 is 1.14. The highest BCUT2D eigenvalue weighted by Crippen LogP contribution is 2.14. The lowest BCUT2D eigenvalue weighted by Crippen LogP contribution is -2.49. The number of cyclic esters (lactones) is 1. The molecular formula is C26H33FN4O6S. The summed E-state index contributed by atoms with van der Waals surface area (Å²) in [6.45, 7) is 7.80. The molecule has 3 N–H and O–H groups in total. The van der Waals surface area contributed by atoms with Gasteiger partial charge in [0, 0.05) is 12.7 Å². The Bertz CT molecular complexity index is 1150. The molecule has 206 valence electrons. The lowest BCUT2D eigenvalue weighted by molar-refractivity contribution is -0.153. The number of fused-ring (bicyclic) bond motifs is 2. The second-order valence-electron chi connectivity index (χ2n) is 9.16. The molecule has 2 atom stereocenters. The number of amides is 3. The van der Waals surface area contributed by atoms with Crippen molar-refractivity contribution in [3.63, 3.8) is 0 Å². The van der Waals surface area contributed by atoms with Crippen LogP contribution in [-0.2, 0) is 30.5 Å². The number of nitrogens with one attached hydrogen (secondary N) is 3. The summed E-state index contributed by atoms with van der Waals surface area (Å²) in [7, 11) is 0. The van der Waals surface area contributed by atoms with E-state index in [-0.39, 0.29) is 41.1 Å². The highest BCUT2D eigenvalue weighted by Gasteiger charge is 2.30. The summed E-state index contributed by atoms with van der Waals surface area (Å²) in [6, 6.07) is 1.14. The number of allylic oxidation sites excluding steroid dienone is 2. The number of carbonyl (C=O) groups excluding carboxylic acids is 5. The third-order valence-electron chi connectivity index (χ3n) is 5.37. The Morgan fingerprint density at radius 1 is 1.18 bits per heavy atom. The van der Waals surface area contributed by atoms with E-state index in [4.69, 9.17) is 4.74 Å². The van der Waals surface area contributed by atoms with Crippen LogP contribution in [0.15, 0.2) is 35.6 Å². The van der Waals surface area contributed by atoms with Crippen molar-refractivity contribution in [3.05, 3.63) is 52.8 Å². The largest absolute Gasteiger partial charge is 0.456 e. The van der Waals surface area contributed by atoms with Crippen molar-refractivity contribution >= 4 is 40.6 Å². The molecule has 1 aliphatic rings. The lowest BCUT2D eigenvalue weighted by atomic mass is 10.0. The number of hydrogen-bond donors (Lipinski definition) is 3. The van der Waals surface area contributed by atoms with Crippen LogP contribution in [0, 0.1) is 11.7 Å². The summed E-state index contributed by atoms with van der Waals surface area (Å²) in [4.78, 5) is 66.7. The SMILES string of the molecule is CC(=O)SCC/C=C/[C@@H]1CC(=O)NCc2nc(ccc2F)C(=O)NC(=C(C)C)C(=O)N[C@@H](C(C)C)C(=O)O1. The molecule has 3 amide bonds. The first-order chi connectivity index (χ1) is 17.9. The minimum Gasteiger partial charge on any atom is -0.456 e. The van der Waals surface area contributed by atoms with E-state index < -0.39 is 41.7 Å². The van der Waals surface area contributed by atoms with Gasteiger partial charge in [0.1, 0.15) is 29.4 Å². The molecule has 2 bridgehead atoms. The number of hydrogen-bond acceptors (Lipinski definition) is 8. The van der Waals surface area contributed by atoms with Gasteiger partial charge in [0.2, 0.25) is 5.91 Å². The van der Waals surface area contributed by atoms with E-state index in [0.29, 0.717) is 17.7 Å². The predicted molar refractivity (Wildman–Crippen MR) is 140 cm³/mol. The van der Waals surface area contributed by atoms with Gasteiger partial charge in [-0.1, -0.05) is 31.7 Å². The molecule has 0 aliphatic carbocycles. The van der Waals surface area contributed by atoms with Gasteiger partial charge in [0.05, 0.1) is 18.7 Å². The van der Waals surface area contributed by atoms with Gasteiger partial charge in [-0.2, -0.15) is 0 Å². The quantitative estimate of drug-likeness (QED) is 0.220. The Kier molecular flexibility index (Phi) is 11.6. The van der Waals surface area contributed by atoms with Gasteiger partial charge in [-0.05, 0) is 50.0 Å². The van der Waals surface area contributed by atoms with E-state index in [1.807, 2.05) is 0 Å². The number of ether oxygens (including phenoxy) is 1. The molecular weight excluding hydrogens is 515 g/mol. The van der Waals surface area contributed by atoms with Crippen molar-refractivity contribution in [2.45, 2.75) is 66.2 Å². The lowest BCUT2D eigenvalue weighted by Gasteiger charge is -2.24. The van der Waals surface area contributed by atoms with Gasteiger partial charge in [-0.15, -0.1) is 0 Å². The summed E-state index contributed by atoms with van der Waals surface area (Å²) in [5.74, 6) is -3.38. The molecule has 0 saturated heterocycles. The van der Waals surface area contributed by atoms with E-state index in [1.165, 1.54) is 13.0 Å². The molecule has 38 heavy (non-hydrogen) atoms. The fraction of sp³-hybridized carbons (Fsp3) is 0.462. The molecule has 1 aliphatic heterocycles. The van der Waals surface area contributed by atoms with Crippen molar-refractivity contribution in [1.29, 1.82) is 0 Å². The normalized spacial score (nSPS) is 19.6. The fourth-order valence-corrected chi connectivity index (χ4v) is 3.90. The van der Waals surface area contributed by atoms with Crippen LogP contribution in [0.3, 0.4) is 0 Å². The minimum atomic E-state index is -1.08. The number of thioether (sulfide) groups is 1. The second kappa shape index (κ2) is 14.4. The number of pyridine rings is 1. The molecule has 1 aromatic rings. The zero-order chi connectivity index (χ0) is 28.4. The van der Waals surface area contributed by atoms with E-state index in [9.17, 15) is 28.4 Å². The van der Waals surface area contributed by atoms with Crippen LogP contribution in [0.2, 0.25) is 0 Å². The summed E-state index contributed by atoms with van der Waals surface area (Å²) < 4.78 is 19.9. The number of rotatable bonds is 5. The molecule has 12 heteroatoms. The Morgan fingerprint density at radius 3 is 2.53 bits per heavy atom. The van der Waals surface area contributed by atoms with Crippen LogP contribution in [-0.4, -0.2) is 51.7 Å². The predicted octanol–water partition coefficient (Wildman–Crippen LogP) is 2.54. The van der Waals surface area contributed by atoms with Crippen molar-refractivity contribution in [2.24, 2.45) is 5.92 Å². The van der Waals surface area contributed by atoms with E-state index in [0.717, 1.165) is 17.8 Å². The van der Waals surface area contributed by atoms with E-state index in [2.05, 4.69) is 20.9 Å². The Morgan fingerprint density at radius 2 is 1.89 bits per heavy atom. The van der Waals surface area contributed by atoms with Gasteiger partial charge in [-0.25, -0.2) is 14.2 Å². The molecule has 2 rings (SSSR count). The Hall–Kier alpha value is -3.54. The number of aromatic nitrogens is 1. The van der Waals surface area contributed by atoms with Crippen molar-refractivity contribution < 1.29 is 33.1 Å². The number of carbonyl (C=O) groups is 5. The van der Waals surface area contributed by atoms with Crippen molar-refractivity contribution in [3.8, 4) is 0 Å².